The summed E-state index contributed by atoms with van der Waals surface area (Å²) < 4.78 is 5.92. The van der Waals surface area contributed by atoms with Crippen molar-refractivity contribution < 1.29 is 4.74 Å². The first-order valence-electron chi connectivity index (χ1n) is 5.10. The van der Waals surface area contributed by atoms with Gasteiger partial charge in [-0.05, 0) is 21.8 Å². The van der Waals surface area contributed by atoms with Crippen LogP contribution in [0.25, 0.3) is 0 Å². The maximum Gasteiger partial charge on any atom is 0.145 e. The van der Waals surface area contributed by atoms with Crippen LogP contribution in [0.4, 0.5) is 11.6 Å². The molecule has 0 aliphatic rings. The van der Waals surface area contributed by atoms with E-state index in [0.717, 1.165) is 29.3 Å². The Balaban J connectivity index is 2.60. The first-order valence-corrected chi connectivity index (χ1v) is 5.89. The van der Waals surface area contributed by atoms with Gasteiger partial charge in [0.1, 0.15) is 22.4 Å². The average molecular weight is 289 g/mol. The minimum absolute atomic E-state index is 0.435. The van der Waals surface area contributed by atoms with Crippen molar-refractivity contribution in [1.82, 2.24) is 9.97 Å². The summed E-state index contributed by atoms with van der Waals surface area (Å²) in [5, 5.41) is 6.24. The molecule has 0 fully saturated rings. The molecule has 0 spiro atoms. The van der Waals surface area contributed by atoms with Gasteiger partial charge in [-0.1, -0.05) is 6.92 Å². The van der Waals surface area contributed by atoms with Crippen molar-refractivity contribution in [1.29, 1.82) is 0 Å². The van der Waals surface area contributed by atoms with Crippen molar-refractivity contribution in [2.45, 2.75) is 6.92 Å². The fourth-order valence-corrected chi connectivity index (χ4v) is 1.82. The second kappa shape index (κ2) is 6.65. The molecule has 90 valence electrons. The number of ether oxygens (including phenoxy) is 1. The molecular formula is C10H17BrN4O. The van der Waals surface area contributed by atoms with E-state index < -0.39 is 0 Å². The number of halogens is 1. The number of anilines is 2. The summed E-state index contributed by atoms with van der Waals surface area (Å²) in [6, 6.07) is 0. The van der Waals surface area contributed by atoms with Gasteiger partial charge < -0.3 is 15.4 Å². The zero-order valence-electron chi connectivity index (χ0n) is 9.75. The summed E-state index contributed by atoms with van der Waals surface area (Å²) >= 11 is 3.45. The van der Waals surface area contributed by atoms with Crippen LogP contribution in [0, 0.1) is 5.92 Å². The van der Waals surface area contributed by atoms with Crippen molar-refractivity contribution in [3.05, 3.63) is 10.8 Å². The second-order valence-electron chi connectivity index (χ2n) is 3.58. The van der Waals surface area contributed by atoms with Crippen molar-refractivity contribution in [3.63, 3.8) is 0 Å². The van der Waals surface area contributed by atoms with E-state index in [9.17, 15) is 0 Å². The van der Waals surface area contributed by atoms with Gasteiger partial charge in [0.2, 0.25) is 0 Å². The van der Waals surface area contributed by atoms with Gasteiger partial charge in [-0.25, -0.2) is 9.97 Å². The lowest BCUT2D eigenvalue weighted by Crippen LogP contribution is -2.17. The Hall–Kier alpha value is -0.880. The van der Waals surface area contributed by atoms with E-state index in [1.54, 1.807) is 7.11 Å². The maximum absolute atomic E-state index is 5.07. The van der Waals surface area contributed by atoms with Crippen LogP contribution in [-0.2, 0) is 4.74 Å². The summed E-state index contributed by atoms with van der Waals surface area (Å²) in [6.45, 7) is 3.66. The number of nitrogens with zero attached hydrogens (tertiary/aromatic N) is 2. The van der Waals surface area contributed by atoms with Gasteiger partial charge in [0, 0.05) is 20.7 Å². The van der Waals surface area contributed by atoms with Crippen LogP contribution < -0.4 is 10.6 Å². The highest BCUT2D eigenvalue weighted by molar-refractivity contribution is 9.10. The topological polar surface area (TPSA) is 59.1 Å². The molecule has 1 unspecified atom stereocenters. The van der Waals surface area contributed by atoms with E-state index in [1.807, 2.05) is 7.05 Å². The Morgan fingerprint density at radius 1 is 1.44 bits per heavy atom. The van der Waals surface area contributed by atoms with E-state index in [-0.39, 0.29) is 0 Å². The summed E-state index contributed by atoms with van der Waals surface area (Å²) in [6.07, 6.45) is 1.53. The highest BCUT2D eigenvalue weighted by Gasteiger charge is 2.08. The third-order valence-corrected chi connectivity index (χ3v) is 2.85. The molecule has 1 atom stereocenters. The zero-order chi connectivity index (χ0) is 12.0. The van der Waals surface area contributed by atoms with Crippen LogP contribution in [0.5, 0.6) is 0 Å². The van der Waals surface area contributed by atoms with Crippen LogP contribution in [0.15, 0.2) is 10.8 Å². The first-order chi connectivity index (χ1) is 7.69. The quantitative estimate of drug-likeness (QED) is 0.838. The summed E-state index contributed by atoms with van der Waals surface area (Å²) in [7, 11) is 3.53. The predicted octanol–water partition coefficient (Wildman–Crippen LogP) is 1.98. The number of methoxy groups -OCH3 is 1. The van der Waals surface area contributed by atoms with E-state index in [0.29, 0.717) is 5.92 Å². The molecule has 6 heteroatoms. The molecule has 5 nitrogen and oxygen atoms in total. The number of hydrogen-bond acceptors (Lipinski definition) is 5. The molecule has 0 aromatic carbocycles. The zero-order valence-corrected chi connectivity index (χ0v) is 11.3. The van der Waals surface area contributed by atoms with E-state index in [1.165, 1.54) is 6.33 Å². The largest absolute Gasteiger partial charge is 0.384 e. The van der Waals surface area contributed by atoms with Crippen LogP contribution in [0.1, 0.15) is 6.92 Å². The molecule has 0 saturated carbocycles. The third kappa shape index (κ3) is 3.61. The van der Waals surface area contributed by atoms with E-state index >= 15 is 0 Å². The minimum Gasteiger partial charge on any atom is -0.384 e. The van der Waals surface area contributed by atoms with E-state index in [4.69, 9.17) is 4.74 Å². The molecule has 2 N–H and O–H groups in total. The Labute approximate surface area is 104 Å². The fraction of sp³-hybridized carbons (Fsp3) is 0.600. The average Bonchev–Trinajstić information content (AvgIpc) is 2.28. The Morgan fingerprint density at radius 2 is 2.12 bits per heavy atom. The maximum atomic E-state index is 5.07. The smallest absolute Gasteiger partial charge is 0.145 e. The van der Waals surface area contributed by atoms with Crippen molar-refractivity contribution in [3.8, 4) is 0 Å². The van der Waals surface area contributed by atoms with Crippen LogP contribution >= 0.6 is 15.9 Å². The highest BCUT2D eigenvalue weighted by atomic mass is 79.9. The van der Waals surface area contributed by atoms with Gasteiger partial charge in [0.15, 0.2) is 0 Å². The van der Waals surface area contributed by atoms with Gasteiger partial charge in [-0.3, -0.25) is 0 Å². The molecular weight excluding hydrogens is 272 g/mol. The van der Waals surface area contributed by atoms with Gasteiger partial charge in [-0.15, -0.1) is 0 Å². The summed E-state index contributed by atoms with van der Waals surface area (Å²) in [5.41, 5.74) is 0. The molecule has 0 radical (unpaired) electrons. The lowest BCUT2D eigenvalue weighted by atomic mass is 10.2. The number of aromatic nitrogens is 2. The van der Waals surface area contributed by atoms with Crippen molar-refractivity contribution in [2.24, 2.45) is 5.92 Å². The molecule has 0 amide bonds. The molecule has 0 bridgehead atoms. The SMILES string of the molecule is CNc1ncnc(NCC(C)COC)c1Br. The minimum atomic E-state index is 0.435. The number of nitrogens with one attached hydrogen (secondary N) is 2. The monoisotopic (exact) mass is 288 g/mol. The normalized spacial score (nSPS) is 12.2. The molecule has 0 aliphatic heterocycles. The highest BCUT2D eigenvalue weighted by Crippen LogP contribution is 2.25. The lowest BCUT2D eigenvalue weighted by molar-refractivity contribution is 0.164. The lowest BCUT2D eigenvalue weighted by Gasteiger charge is -2.13. The molecule has 16 heavy (non-hydrogen) atoms. The van der Waals surface area contributed by atoms with Gasteiger partial charge >= 0.3 is 0 Å². The second-order valence-corrected chi connectivity index (χ2v) is 4.37. The fourth-order valence-electron chi connectivity index (χ4n) is 1.28. The molecule has 0 saturated heterocycles. The molecule has 1 heterocycles. The predicted molar refractivity (Wildman–Crippen MR) is 68.8 cm³/mol. The third-order valence-electron chi connectivity index (χ3n) is 2.10. The van der Waals surface area contributed by atoms with Crippen LogP contribution in [0.2, 0.25) is 0 Å². The Morgan fingerprint density at radius 3 is 2.75 bits per heavy atom. The number of rotatable bonds is 6. The molecule has 0 aliphatic carbocycles. The van der Waals surface area contributed by atoms with Gasteiger partial charge in [0.05, 0.1) is 6.61 Å². The Bertz CT molecular complexity index is 335. The summed E-state index contributed by atoms with van der Waals surface area (Å²) in [5.74, 6) is 2.00. The van der Waals surface area contributed by atoms with Gasteiger partial charge in [0.25, 0.3) is 0 Å². The Kier molecular flexibility index (Phi) is 5.48. The van der Waals surface area contributed by atoms with Crippen LogP contribution in [-0.4, -0.2) is 37.3 Å². The molecule has 1 aromatic heterocycles. The van der Waals surface area contributed by atoms with Gasteiger partial charge in [-0.2, -0.15) is 0 Å². The molecule has 1 rings (SSSR count). The van der Waals surface area contributed by atoms with E-state index in [2.05, 4.69) is 43.5 Å². The first kappa shape index (κ1) is 13.2. The van der Waals surface area contributed by atoms with Crippen LogP contribution in [0.3, 0.4) is 0 Å². The summed E-state index contributed by atoms with van der Waals surface area (Å²) in [4.78, 5) is 8.26. The van der Waals surface area contributed by atoms with Crippen molar-refractivity contribution >= 4 is 27.6 Å². The standard InChI is InChI=1S/C10H17BrN4O/c1-7(5-16-3)4-13-10-8(11)9(12-2)14-6-15-10/h6-7H,4-5H2,1-3H3,(H2,12,13,14,15). The molecule has 1 aromatic rings. The number of hydrogen-bond donors (Lipinski definition) is 2. The van der Waals surface area contributed by atoms with Crippen molar-refractivity contribution in [2.75, 3.05) is 37.9 Å².